The summed E-state index contributed by atoms with van der Waals surface area (Å²) in [6, 6.07) is 12.6. The van der Waals surface area contributed by atoms with Crippen LogP contribution in [-0.4, -0.2) is 186 Å². The summed E-state index contributed by atoms with van der Waals surface area (Å²) in [5, 5.41) is 31.1. The Labute approximate surface area is 364 Å². The van der Waals surface area contributed by atoms with Crippen LogP contribution in [0.3, 0.4) is 0 Å². The van der Waals surface area contributed by atoms with Gasteiger partial charge in [0.05, 0.1) is 0 Å². The Morgan fingerprint density at radius 3 is 0.483 bits per heavy atom. The van der Waals surface area contributed by atoms with Crippen molar-refractivity contribution in [3.63, 3.8) is 0 Å². The van der Waals surface area contributed by atoms with Crippen LogP contribution in [0.4, 0.5) is 0 Å². The molecule has 0 aromatic heterocycles. The fourth-order valence-corrected chi connectivity index (χ4v) is 6.63. The van der Waals surface area contributed by atoms with E-state index in [0.717, 1.165) is 92.3 Å². The molecule has 0 aliphatic heterocycles. The molecular formula is C45H81FeN9O3. The Bertz CT molecular complexity index is 1340. The van der Waals surface area contributed by atoms with E-state index in [0.29, 0.717) is 17.2 Å². The molecule has 3 aromatic rings. The average molecular weight is 852 g/mol. The van der Waals surface area contributed by atoms with Crippen LogP contribution in [0.25, 0.3) is 0 Å². The average Bonchev–Trinajstić information content (AvgIpc) is 3.02. The molecule has 0 saturated carbocycles. The van der Waals surface area contributed by atoms with Crippen LogP contribution in [0, 0.1) is 0 Å². The second-order valence-corrected chi connectivity index (χ2v) is 17.9. The molecule has 0 atom stereocenters. The van der Waals surface area contributed by atoms with Crippen LogP contribution in [0.15, 0.2) is 36.4 Å². The van der Waals surface area contributed by atoms with Crippen molar-refractivity contribution in [3.05, 3.63) is 86.5 Å². The fraction of sp³-hybridized carbons (Fsp3) is 0.600. The second kappa shape index (κ2) is 27.1. The maximum atomic E-state index is 10.4. The van der Waals surface area contributed by atoms with E-state index in [1.54, 1.807) is 0 Å². The standard InChI is InChI=1S/3C15H27N3O.Fe/c3*1-16(2)9-12-7-13(10-17(3)4)15(19)14(8-12)11-18(5)6;/h3*7-8,19H,9-11H2,1-6H3;. The third-order valence-electron chi connectivity index (χ3n) is 8.40. The molecule has 0 radical (unpaired) electrons. The number of benzene rings is 3. The predicted octanol–water partition coefficient (Wildman–Crippen LogP) is 4.73. The molecule has 3 rings (SSSR count). The Hall–Kier alpha value is -2.78. The number of aromatic hydroxyl groups is 3. The Morgan fingerprint density at radius 2 is 0.379 bits per heavy atom. The van der Waals surface area contributed by atoms with Crippen molar-refractivity contribution < 1.29 is 32.4 Å². The van der Waals surface area contributed by atoms with Gasteiger partial charge in [-0.25, -0.2) is 0 Å². The molecule has 0 saturated heterocycles. The molecule has 0 bridgehead atoms. The van der Waals surface area contributed by atoms with Crippen LogP contribution in [-0.2, 0) is 76.0 Å². The second-order valence-electron chi connectivity index (χ2n) is 17.9. The minimum absolute atomic E-state index is 0. The van der Waals surface area contributed by atoms with Crippen molar-refractivity contribution in [2.45, 2.75) is 58.9 Å². The van der Waals surface area contributed by atoms with Crippen molar-refractivity contribution in [3.8, 4) is 17.2 Å². The minimum atomic E-state index is 0. The zero-order chi connectivity index (χ0) is 43.7. The largest absolute Gasteiger partial charge is 0.507 e. The van der Waals surface area contributed by atoms with Gasteiger partial charge in [-0.2, -0.15) is 0 Å². The summed E-state index contributed by atoms with van der Waals surface area (Å²) in [5.74, 6) is 1.31. The number of nitrogens with zero attached hydrogens (tertiary/aromatic N) is 9. The molecule has 3 N–H and O–H groups in total. The number of hydrogen-bond acceptors (Lipinski definition) is 12. The van der Waals surface area contributed by atoms with Gasteiger partial charge in [-0.1, -0.05) is 0 Å². The van der Waals surface area contributed by atoms with Crippen LogP contribution < -0.4 is 0 Å². The monoisotopic (exact) mass is 852 g/mol. The van der Waals surface area contributed by atoms with Gasteiger partial charge in [0.1, 0.15) is 17.2 Å². The van der Waals surface area contributed by atoms with Crippen LogP contribution in [0.1, 0.15) is 50.1 Å². The molecule has 0 heterocycles. The number of rotatable bonds is 18. The molecule has 0 aliphatic rings. The normalized spacial score (nSPS) is 11.6. The van der Waals surface area contributed by atoms with E-state index in [9.17, 15) is 15.3 Å². The summed E-state index contributed by atoms with van der Waals surface area (Å²) in [6.45, 7) is 7.21. The molecule has 0 spiro atoms. The molecule has 332 valence electrons. The van der Waals surface area contributed by atoms with Gasteiger partial charge >= 0.3 is 0 Å². The van der Waals surface area contributed by atoms with Gasteiger partial charge in [-0.15, -0.1) is 0 Å². The van der Waals surface area contributed by atoms with Crippen LogP contribution >= 0.6 is 0 Å². The SMILES string of the molecule is CN(C)Cc1cc(CN(C)C)c(O)c(CN(C)C)c1.CN(C)Cc1cc(CN(C)C)c(O)c(CN(C)C)c1.CN(C)Cc1cc(CN(C)C)c(O)c(CN(C)C)c1.[Fe]. The summed E-state index contributed by atoms with van der Waals surface area (Å²) >= 11 is 0. The summed E-state index contributed by atoms with van der Waals surface area (Å²) in [6.07, 6.45) is 0. The summed E-state index contributed by atoms with van der Waals surface area (Å²) in [4.78, 5) is 18.9. The van der Waals surface area contributed by atoms with Crippen molar-refractivity contribution in [2.24, 2.45) is 0 Å². The summed E-state index contributed by atoms with van der Waals surface area (Å²) < 4.78 is 0. The van der Waals surface area contributed by atoms with E-state index >= 15 is 0 Å². The Balaban J connectivity index is 0.000000833. The molecule has 0 fully saturated rings. The molecule has 0 unspecified atom stereocenters. The number of hydrogen-bond donors (Lipinski definition) is 3. The van der Waals surface area contributed by atoms with Gasteiger partial charge < -0.3 is 59.4 Å². The zero-order valence-corrected chi connectivity index (χ0v) is 40.7. The van der Waals surface area contributed by atoms with E-state index < -0.39 is 0 Å². The fourth-order valence-electron chi connectivity index (χ4n) is 6.63. The van der Waals surface area contributed by atoms with Gasteiger partial charge in [0.15, 0.2) is 0 Å². The third kappa shape index (κ3) is 22.0. The maximum Gasteiger partial charge on any atom is 0.124 e. The summed E-state index contributed by atoms with van der Waals surface area (Å²) in [5.41, 5.74) is 9.75. The Kier molecular flexibility index (Phi) is 25.8. The van der Waals surface area contributed by atoms with Crippen molar-refractivity contribution in [1.29, 1.82) is 0 Å². The molecule has 12 nitrogen and oxygen atoms in total. The van der Waals surface area contributed by atoms with Gasteiger partial charge in [0.25, 0.3) is 0 Å². The van der Waals surface area contributed by atoms with E-state index in [-0.39, 0.29) is 17.1 Å². The van der Waals surface area contributed by atoms with E-state index in [1.807, 2.05) is 84.6 Å². The first-order valence-corrected chi connectivity index (χ1v) is 19.7. The molecular weight excluding hydrogens is 770 g/mol. The maximum absolute atomic E-state index is 10.4. The van der Waals surface area contributed by atoms with Crippen molar-refractivity contribution in [1.82, 2.24) is 44.1 Å². The smallest absolute Gasteiger partial charge is 0.124 e. The predicted molar refractivity (Wildman–Crippen MR) is 241 cm³/mol. The topological polar surface area (TPSA) is 89.9 Å². The first-order valence-electron chi connectivity index (χ1n) is 19.7. The first kappa shape index (κ1) is 55.2. The van der Waals surface area contributed by atoms with E-state index in [1.165, 1.54) is 16.7 Å². The molecule has 3 aromatic carbocycles. The first-order chi connectivity index (χ1) is 26.4. The third-order valence-corrected chi connectivity index (χ3v) is 8.40. The quantitative estimate of drug-likeness (QED) is 0.155. The molecule has 58 heavy (non-hydrogen) atoms. The number of phenolic OH excluding ortho intramolecular Hbond substituents is 3. The van der Waals surface area contributed by atoms with Gasteiger partial charge in [-0.05, 0) is 180 Å². The van der Waals surface area contributed by atoms with Crippen molar-refractivity contribution >= 4 is 0 Å². The van der Waals surface area contributed by atoms with Crippen LogP contribution in [0.2, 0.25) is 0 Å². The summed E-state index contributed by atoms with van der Waals surface area (Å²) in [7, 11) is 36.6. The van der Waals surface area contributed by atoms with Crippen molar-refractivity contribution in [2.75, 3.05) is 127 Å². The minimum Gasteiger partial charge on any atom is -0.507 e. The van der Waals surface area contributed by atoms with E-state index in [4.69, 9.17) is 0 Å². The van der Waals surface area contributed by atoms with E-state index in [2.05, 4.69) is 123 Å². The van der Waals surface area contributed by atoms with Gasteiger partial charge in [0, 0.05) is 109 Å². The Morgan fingerprint density at radius 1 is 0.259 bits per heavy atom. The van der Waals surface area contributed by atoms with Crippen LogP contribution in [0.5, 0.6) is 17.2 Å². The molecule has 0 aliphatic carbocycles. The molecule has 13 heteroatoms. The zero-order valence-electron chi connectivity index (χ0n) is 39.5. The molecule has 0 amide bonds. The number of phenols is 3. The van der Waals surface area contributed by atoms with Gasteiger partial charge in [-0.3, -0.25) is 0 Å². The van der Waals surface area contributed by atoms with Gasteiger partial charge in [0.2, 0.25) is 0 Å².